The second-order valence-electron chi connectivity index (χ2n) is 4.31. The molecule has 0 saturated carbocycles. The predicted octanol–water partition coefficient (Wildman–Crippen LogP) is 4.94. The summed E-state index contributed by atoms with van der Waals surface area (Å²) in [7, 11) is 0. The van der Waals surface area contributed by atoms with Crippen molar-refractivity contribution >= 4 is 34.0 Å². The number of thiophene rings is 3. The van der Waals surface area contributed by atoms with Crippen molar-refractivity contribution in [3.05, 3.63) is 67.2 Å². The van der Waals surface area contributed by atoms with Gasteiger partial charge in [-0.15, -0.1) is 34.0 Å². The first-order valence-electron chi connectivity index (χ1n) is 6.23. The summed E-state index contributed by atoms with van der Waals surface area (Å²) in [5.74, 6) is 0. The molecule has 1 atom stereocenters. The van der Waals surface area contributed by atoms with Crippen LogP contribution >= 0.6 is 34.0 Å². The Morgan fingerprint density at radius 2 is 1.53 bits per heavy atom. The quantitative estimate of drug-likeness (QED) is 0.680. The summed E-state index contributed by atoms with van der Waals surface area (Å²) >= 11 is 5.49. The number of hydrogen-bond donors (Lipinski definition) is 1. The first kappa shape index (κ1) is 13.1. The summed E-state index contributed by atoms with van der Waals surface area (Å²) < 4.78 is 0. The highest BCUT2D eigenvalue weighted by molar-refractivity contribution is 7.10. The highest BCUT2D eigenvalue weighted by Crippen LogP contribution is 2.25. The van der Waals surface area contributed by atoms with E-state index in [1.165, 1.54) is 14.6 Å². The average molecular weight is 305 g/mol. The molecule has 0 aliphatic carbocycles. The SMILES string of the molecule is c1csc(CNC(Cc2cccs2)c2cccs2)c1. The molecule has 3 rings (SSSR count). The number of rotatable bonds is 6. The molecule has 0 aliphatic rings. The van der Waals surface area contributed by atoms with Crippen LogP contribution in [0, 0.1) is 0 Å². The van der Waals surface area contributed by atoms with Crippen LogP contribution in [0.5, 0.6) is 0 Å². The van der Waals surface area contributed by atoms with E-state index in [4.69, 9.17) is 0 Å². The van der Waals surface area contributed by atoms with Crippen LogP contribution in [0.3, 0.4) is 0 Å². The maximum absolute atomic E-state index is 3.69. The van der Waals surface area contributed by atoms with E-state index in [0.29, 0.717) is 6.04 Å². The largest absolute Gasteiger partial charge is 0.304 e. The van der Waals surface area contributed by atoms with Gasteiger partial charge in [-0.1, -0.05) is 18.2 Å². The minimum Gasteiger partial charge on any atom is -0.304 e. The second kappa shape index (κ2) is 6.48. The van der Waals surface area contributed by atoms with Gasteiger partial charge in [-0.05, 0) is 34.3 Å². The van der Waals surface area contributed by atoms with Gasteiger partial charge in [0, 0.05) is 33.6 Å². The summed E-state index contributed by atoms with van der Waals surface area (Å²) in [4.78, 5) is 4.26. The third-order valence-electron chi connectivity index (χ3n) is 2.97. The van der Waals surface area contributed by atoms with Gasteiger partial charge in [0.25, 0.3) is 0 Å². The molecule has 1 unspecified atom stereocenters. The number of hydrogen-bond acceptors (Lipinski definition) is 4. The fourth-order valence-corrected chi connectivity index (χ4v) is 4.24. The molecule has 0 bridgehead atoms. The molecule has 0 spiro atoms. The van der Waals surface area contributed by atoms with Crippen molar-refractivity contribution in [2.24, 2.45) is 0 Å². The summed E-state index contributed by atoms with van der Waals surface area (Å²) in [6.45, 7) is 0.950. The van der Waals surface area contributed by atoms with E-state index in [1.807, 2.05) is 34.0 Å². The van der Waals surface area contributed by atoms with E-state index in [-0.39, 0.29) is 0 Å². The van der Waals surface area contributed by atoms with Gasteiger partial charge < -0.3 is 5.32 Å². The first-order chi connectivity index (χ1) is 9.42. The van der Waals surface area contributed by atoms with Crippen molar-refractivity contribution in [3.63, 3.8) is 0 Å². The van der Waals surface area contributed by atoms with E-state index in [9.17, 15) is 0 Å². The molecule has 0 saturated heterocycles. The van der Waals surface area contributed by atoms with Crippen LogP contribution in [0.15, 0.2) is 52.5 Å². The Kier molecular flexibility index (Phi) is 4.45. The Morgan fingerprint density at radius 3 is 2.16 bits per heavy atom. The molecular formula is C15H15NS3. The van der Waals surface area contributed by atoms with Crippen molar-refractivity contribution in [1.29, 1.82) is 0 Å². The molecule has 19 heavy (non-hydrogen) atoms. The lowest BCUT2D eigenvalue weighted by molar-refractivity contribution is 0.545. The molecule has 3 heterocycles. The Balaban J connectivity index is 1.69. The van der Waals surface area contributed by atoms with Crippen molar-refractivity contribution in [3.8, 4) is 0 Å². The van der Waals surface area contributed by atoms with Crippen molar-refractivity contribution in [2.45, 2.75) is 19.0 Å². The average Bonchev–Trinajstić information content (AvgIpc) is 3.15. The smallest absolute Gasteiger partial charge is 0.0466 e. The van der Waals surface area contributed by atoms with E-state index in [1.54, 1.807) is 0 Å². The number of nitrogens with one attached hydrogen (secondary N) is 1. The van der Waals surface area contributed by atoms with Gasteiger partial charge >= 0.3 is 0 Å². The molecule has 0 aliphatic heterocycles. The Morgan fingerprint density at radius 1 is 0.842 bits per heavy atom. The van der Waals surface area contributed by atoms with E-state index in [0.717, 1.165) is 13.0 Å². The van der Waals surface area contributed by atoms with Gasteiger partial charge in [0.2, 0.25) is 0 Å². The lowest BCUT2D eigenvalue weighted by atomic mass is 10.1. The van der Waals surface area contributed by atoms with Crippen LogP contribution in [-0.2, 0) is 13.0 Å². The minimum absolute atomic E-state index is 0.417. The summed E-state index contributed by atoms with van der Waals surface area (Å²) in [6.07, 6.45) is 1.07. The minimum atomic E-state index is 0.417. The van der Waals surface area contributed by atoms with E-state index < -0.39 is 0 Å². The molecule has 0 aromatic carbocycles. The van der Waals surface area contributed by atoms with Gasteiger partial charge in [0.05, 0.1) is 0 Å². The second-order valence-corrected chi connectivity index (χ2v) is 7.36. The van der Waals surface area contributed by atoms with Crippen LogP contribution in [0.2, 0.25) is 0 Å². The summed E-state index contributed by atoms with van der Waals surface area (Å²) in [6, 6.07) is 13.4. The maximum atomic E-state index is 3.69. The highest BCUT2D eigenvalue weighted by atomic mass is 32.1. The third-order valence-corrected chi connectivity index (χ3v) is 5.74. The van der Waals surface area contributed by atoms with E-state index >= 15 is 0 Å². The zero-order valence-corrected chi connectivity index (χ0v) is 12.9. The van der Waals surface area contributed by atoms with Crippen LogP contribution < -0.4 is 5.32 Å². The lowest BCUT2D eigenvalue weighted by Gasteiger charge is -2.16. The maximum Gasteiger partial charge on any atom is 0.0466 e. The molecule has 0 fully saturated rings. The molecule has 3 aromatic rings. The van der Waals surface area contributed by atoms with Crippen molar-refractivity contribution < 1.29 is 0 Å². The first-order valence-corrected chi connectivity index (χ1v) is 8.87. The summed E-state index contributed by atoms with van der Waals surface area (Å²) in [5, 5.41) is 10.1. The van der Waals surface area contributed by atoms with Crippen molar-refractivity contribution in [2.75, 3.05) is 0 Å². The molecule has 1 nitrogen and oxygen atoms in total. The van der Waals surface area contributed by atoms with Gasteiger partial charge in [0.1, 0.15) is 0 Å². The van der Waals surface area contributed by atoms with Gasteiger partial charge in [0.15, 0.2) is 0 Å². The summed E-state index contributed by atoms with van der Waals surface area (Å²) in [5.41, 5.74) is 0. The van der Waals surface area contributed by atoms with Crippen molar-refractivity contribution in [1.82, 2.24) is 5.32 Å². The molecular weight excluding hydrogens is 290 g/mol. The highest BCUT2D eigenvalue weighted by Gasteiger charge is 2.13. The molecule has 1 N–H and O–H groups in total. The molecule has 98 valence electrons. The fraction of sp³-hybridized carbons (Fsp3) is 0.200. The monoisotopic (exact) mass is 305 g/mol. The Labute approximate surface area is 125 Å². The molecule has 0 amide bonds. The van der Waals surface area contributed by atoms with E-state index in [2.05, 4.69) is 57.9 Å². The molecule has 4 heteroatoms. The Hall–Kier alpha value is -0.940. The topological polar surface area (TPSA) is 12.0 Å². The predicted molar refractivity (Wildman–Crippen MR) is 86.2 cm³/mol. The van der Waals surface area contributed by atoms with Gasteiger partial charge in [-0.25, -0.2) is 0 Å². The van der Waals surface area contributed by atoms with Crippen LogP contribution in [-0.4, -0.2) is 0 Å². The fourth-order valence-electron chi connectivity index (χ4n) is 2.03. The van der Waals surface area contributed by atoms with Gasteiger partial charge in [-0.3, -0.25) is 0 Å². The van der Waals surface area contributed by atoms with Crippen LogP contribution in [0.4, 0.5) is 0 Å². The Bertz CT molecular complexity index is 567. The van der Waals surface area contributed by atoms with Crippen LogP contribution in [0.1, 0.15) is 20.7 Å². The molecule has 0 radical (unpaired) electrons. The van der Waals surface area contributed by atoms with Gasteiger partial charge in [-0.2, -0.15) is 0 Å². The standard InChI is InChI=1S/C15H15NS3/c1-4-12(17-7-1)10-14(15-6-3-9-19-15)16-11-13-5-2-8-18-13/h1-9,14,16H,10-11H2. The zero-order chi connectivity index (χ0) is 12.9. The normalized spacial score (nSPS) is 12.6. The molecule has 3 aromatic heterocycles. The lowest BCUT2D eigenvalue weighted by Crippen LogP contribution is -2.21. The van der Waals surface area contributed by atoms with Crippen LogP contribution in [0.25, 0.3) is 0 Å². The zero-order valence-electron chi connectivity index (χ0n) is 10.4. The third kappa shape index (κ3) is 3.54.